The zero-order valence-corrected chi connectivity index (χ0v) is 14.9. The number of rotatable bonds is 1. The average molecular weight is 308 g/mol. The molecule has 1 aliphatic heterocycles. The van der Waals surface area contributed by atoms with E-state index < -0.39 is 0 Å². The second-order valence-electron chi connectivity index (χ2n) is 5.22. The van der Waals surface area contributed by atoms with Gasteiger partial charge in [0.25, 0.3) is 6.01 Å². The number of ether oxygens (including phenoxy) is 1. The molecule has 0 saturated heterocycles. The van der Waals surface area contributed by atoms with Gasteiger partial charge in [-0.3, -0.25) is 4.57 Å². The van der Waals surface area contributed by atoms with Gasteiger partial charge in [0.15, 0.2) is 0 Å². The lowest BCUT2D eigenvalue weighted by Gasteiger charge is -2.28. The first-order chi connectivity index (χ1) is 10.6. The van der Waals surface area contributed by atoms with Gasteiger partial charge < -0.3 is 4.74 Å². The quantitative estimate of drug-likeness (QED) is 0.709. The Morgan fingerprint density at radius 3 is 2.50 bits per heavy atom. The third kappa shape index (κ3) is 3.42. The van der Waals surface area contributed by atoms with Crippen LogP contribution in [0.4, 0.5) is 4.39 Å². The maximum absolute atomic E-state index is 13.6. The Morgan fingerprint density at radius 1 is 1.23 bits per heavy atom. The minimum atomic E-state index is -0.137. The van der Waals surface area contributed by atoms with Gasteiger partial charge in [-0.1, -0.05) is 41.5 Å². The van der Waals surface area contributed by atoms with E-state index in [0.29, 0.717) is 18.5 Å². The van der Waals surface area contributed by atoms with Crippen LogP contribution in [-0.4, -0.2) is 16.2 Å². The van der Waals surface area contributed by atoms with Gasteiger partial charge in [0, 0.05) is 5.69 Å². The molecule has 0 bridgehead atoms. The van der Waals surface area contributed by atoms with Crippen molar-refractivity contribution in [3.63, 3.8) is 0 Å². The zero-order chi connectivity index (χ0) is 16.9. The fraction of sp³-hybridized carbons (Fsp3) is 0.611. The van der Waals surface area contributed by atoms with Crippen molar-refractivity contribution in [2.45, 2.75) is 54.5 Å². The number of hydrogen-bond acceptors (Lipinski definition) is 2. The van der Waals surface area contributed by atoms with Gasteiger partial charge in [-0.2, -0.15) is 0 Å². The molecule has 1 aromatic rings. The second-order valence-corrected chi connectivity index (χ2v) is 5.22. The van der Waals surface area contributed by atoms with Crippen molar-refractivity contribution in [3.8, 4) is 6.01 Å². The molecule has 0 amide bonds. The summed E-state index contributed by atoms with van der Waals surface area (Å²) in [6, 6.07) is 0.729. The lowest BCUT2D eigenvalue weighted by Crippen LogP contribution is -2.22. The van der Waals surface area contributed by atoms with Crippen LogP contribution < -0.4 is 4.74 Å². The summed E-state index contributed by atoms with van der Waals surface area (Å²) in [5.74, 6) is 0.408. The van der Waals surface area contributed by atoms with Crippen molar-refractivity contribution >= 4 is 0 Å². The molecular weight excluding hydrogens is 279 g/mol. The van der Waals surface area contributed by atoms with Crippen molar-refractivity contribution in [1.82, 2.24) is 9.55 Å². The molecule has 0 radical (unpaired) electrons. The Bertz CT molecular complexity index is 545. The van der Waals surface area contributed by atoms with Crippen LogP contribution in [0, 0.1) is 18.8 Å². The molecule has 2 aliphatic rings. The van der Waals surface area contributed by atoms with Crippen LogP contribution in [0.3, 0.4) is 0 Å². The summed E-state index contributed by atoms with van der Waals surface area (Å²) in [7, 11) is 0. The van der Waals surface area contributed by atoms with E-state index in [9.17, 15) is 4.39 Å². The minimum absolute atomic E-state index is 0.0828. The minimum Gasteiger partial charge on any atom is -0.462 e. The van der Waals surface area contributed by atoms with Crippen molar-refractivity contribution in [3.05, 3.63) is 35.4 Å². The van der Waals surface area contributed by atoms with E-state index in [1.807, 2.05) is 34.6 Å². The number of halogens is 1. The molecule has 22 heavy (non-hydrogen) atoms. The van der Waals surface area contributed by atoms with Crippen LogP contribution in [0.25, 0.3) is 0 Å². The topological polar surface area (TPSA) is 27.1 Å². The third-order valence-corrected chi connectivity index (χ3v) is 4.06. The number of aryl methyl sites for hydroxylation is 1. The molecular formula is C18H29FN2O. The predicted octanol–water partition coefficient (Wildman–Crippen LogP) is 5.24. The zero-order valence-electron chi connectivity index (χ0n) is 14.9. The number of hydrogen-bond donors (Lipinski definition) is 0. The molecule has 4 heteroatoms. The fourth-order valence-corrected chi connectivity index (χ4v) is 2.82. The standard InChI is InChI=1S/C14H17FN2O.2C2H6/c1-8-4-11(15)5-12(10(8)3)13-7-18-14-16-6-9(2)17(13)14;2*1-2/h4-6,8,10,13H,7H2,1-3H3;2*1-2H3. The summed E-state index contributed by atoms with van der Waals surface area (Å²) in [6.45, 7) is 14.8. The summed E-state index contributed by atoms with van der Waals surface area (Å²) >= 11 is 0. The first kappa shape index (κ1) is 18.5. The van der Waals surface area contributed by atoms with Crippen LogP contribution in [-0.2, 0) is 0 Å². The van der Waals surface area contributed by atoms with E-state index in [-0.39, 0.29) is 17.8 Å². The Hall–Kier alpha value is -1.58. The lowest BCUT2D eigenvalue weighted by molar-refractivity contribution is 0.318. The molecule has 124 valence electrons. The predicted molar refractivity (Wildman–Crippen MR) is 89.8 cm³/mol. The smallest absolute Gasteiger partial charge is 0.297 e. The molecule has 3 atom stereocenters. The van der Waals surface area contributed by atoms with Crippen molar-refractivity contribution in [2.24, 2.45) is 11.8 Å². The number of fused-ring (bicyclic) bond motifs is 1. The summed E-state index contributed by atoms with van der Waals surface area (Å²) in [5.41, 5.74) is 2.16. The summed E-state index contributed by atoms with van der Waals surface area (Å²) < 4.78 is 21.3. The summed E-state index contributed by atoms with van der Waals surface area (Å²) in [6.07, 6.45) is 5.14. The molecule has 0 N–H and O–H groups in total. The van der Waals surface area contributed by atoms with Crippen LogP contribution in [0.2, 0.25) is 0 Å². The highest BCUT2D eigenvalue weighted by Gasteiger charge is 2.34. The summed E-state index contributed by atoms with van der Waals surface area (Å²) in [4.78, 5) is 4.21. The van der Waals surface area contributed by atoms with Gasteiger partial charge in [0.2, 0.25) is 0 Å². The molecule has 2 heterocycles. The Balaban J connectivity index is 0.000000561. The highest BCUT2D eigenvalue weighted by Crippen LogP contribution is 2.40. The fourth-order valence-electron chi connectivity index (χ4n) is 2.82. The Labute approximate surface area is 133 Å². The summed E-state index contributed by atoms with van der Waals surface area (Å²) in [5, 5.41) is 0. The highest BCUT2D eigenvalue weighted by molar-refractivity contribution is 5.32. The van der Waals surface area contributed by atoms with Crippen molar-refractivity contribution in [2.75, 3.05) is 6.61 Å². The molecule has 1 aromatic heterocycles. The van der Waals surface area contributed by atoms with Crippen molar-refractivity contribution < 1.29 is 9.13 Å². The first-order valence-electron chi connectivity index (χ1n) is 8.33. The monoisotopic (exact) mass is 308 g/mol. The van der Waals surface area contributed by atoms with Gasteiger partial charge in [0.1, 0.15) is 12.4 Å². The number of allylic oxidation sites excluding steroid dienone is 3. The van der Waals surface area contributed by atoms with Gasteiger partial charge in [-0.05, 0) is 36.5 Å². The van der Waals surface area contributed by atoms with E-state index >= 15 is 0 Å². The van der Waals surface area contributed by atoms with Crippen LogP contribution in [0.5, 0.6) is 6.01 Å². The molecule has 1 aliphatic carbocycles. The lowest BCUT2D eigenvalue weighted by atomic mass is 9.81. The van der Waals surface area contributed by atoms with E-state index in [1.54, 1.807) is 18.3 Å². The van der Waals surface area contributed by atoms with E-state index in [2.05, 4.69) is 23.4 Å². The molecule has 3 nitrogen and oxygen atoms in total. The van der Waals surface area contributed by atoms with Crippen LogP contribution >= 0.6 is 0 Å². The maximum Gasteiger partial charge on any atom is 0.297 e. The average Bonchev–Trinajstić information content (AvgIpc) is 3.11. The molecule has 0 fully saturated rings. The molecule has 0 saturated carbocycles. The molecule has 3 unspecified atom stereocenters. The maximum atomic E-state index is 13.6. The second kappa shape index (κ2) is 8.16. The van der Waals surface area contributed by atoms with Crippen LogP contribution in [0.15, 0.2) is 29.7 Å². The van der Waals surface area contributed by atoms with Gasteiger partial charge in [-0.15, -0.1) is 0 Å². The molecule has 0 aromatic carbocycles. The van der Waals surface area contributed by atoms with Gasteiger partial charge in [-0.25, -0.2) is 9.37 Å². The molecule has 3 rings (SSSR count). The van der Waals surface area contributed by atoms with Crippen LogP contribution in [0.1, 0.15) is 53.3 Å². The third-order valence-electron chi connectivity index (χ3n) is 4.06. The Kier molecular flexibility index (Phi) is 6.85. The highest BCUT2D eigenvalue weighted by atomic mass is 19.1. The normalized spacial score (nSPS) is 25.5. The number of imidazole rings is 1. The Morgan fingerprint density at radius 2 is 1.86 bits per heavy atom. The molecule has 0 spiro atoms. The number of nitrogens with zero attached hydrogens (tertiary/aromatic N) is 2. The van der Waals surface area contributed by atoms with E-state index in [0.717, 1.165) is 11.3 Å². The van der Waals surface area contributed by atoms with Gasteiger partial charge >= 0.3 is 0 Å². The van der Waals surface area contributed by atoms with E-state index in [4.69, 9.17) is 4.74 Å². The first-order valence-corrected chi connectivity index (χ1v) is 8.33. The van der Waals surface area contributed by atoms with Crippen molar-refractivity contribution in [1.29, 1.82) is 0 Å². The van der Waals surface area contributed by atoms with Gasteiger partial charge in [0.05, 0.1) is 12.2 Å². The SMILES string of the molecule is CC.CC.Cc1cnc2n1C(C1=CC(F)=CC(C)C1C)CO2. The number of aromatic nitrogens is 2. The largest absolute Gasteiger partial charge is 0.462 e. The van der Waals surface area contributed by atoms with E-state index in [1.165, 1.54) is 0 Å².